The molecule has 41 heavy (non-hydrogen) atoms. The zero-order valence-electron chi connectivity index (χ0n) is 23.9. The van der Waals surface area contributed by atoms with E-state index in [2.05, 4.69) is 20.5 Å². The molecule has 0 bridgehead atoms. The van der Waals surface area contributed by atoms with Crippen LogP contribution in [0, 0.1) is 0 Å². The fourth-order valence-electron chi connectivity index (χ4n) is 4.83. The molecule has 2 aromatic heterocycles. The van der Waals surface area contributed by atoms with Crippen LogP contribution in [0.3, 0.4) is 0 Å². The van der Waals surface area contributed by atoms with Gasteiger partial charge in [0, 0.05) is 56.8 Å². The van der Waals surface area contributed by atoms with E-state index in [-0.39, 0.29) is 29.7 Å². The van der Waals surface area contributed by atoms with Crippen molar-refractivity contribution < 1.29 is 19.1 Å². The van der Waals surface area contributed by atoms with Gasteiger partial charge in [-0.1, -0.05) is 0 Å². The summed E-state index contributed by atoms with van der Waals surface area (Å²) in [6.07, 6.45) is 1.53. The fraction of sp³-hybridized carbons (Fsp3) is 0.333. The summed E-state index contributed by atoms with van der Waals surface area (Å²) in [6, 6.07) is 16.4. The van der Waals surface area contributed by atoms with Crippen molar-refractivity contribution >= 4 is 34.5 Å². The molecule has 3 heterocycles. The van der Waals surface area contributed by atoms with Crippen molar-refractivity contribution in [3.05, 3.63) is 72.1 Å². The number of hydrogen-bond donors (Lipinski definition) is 2. The lowest BCUT2D eigenvalue weighted by Crippen LogP contribution is -2.53. The third-order valence-electron chi connectivity index (χ3n) is 7.00. The van der Waals surface area contributed by atoms with Gasteiger partial charge in [0.1, 0.15) is 17.2 Å². The number of carbonyl (C=O) groups is 2. The van der Waals surface area contributed by atoms with Gasteiger partial charge in [0.05, 0.1) is 29.8 Å². The molecule has 0 unspecified atom stereocenters. The average Bonchev–Trinajstić information content (AvgIpc) is 3.27. The number of imidazole rings is 1. The molecule has 11 heteroatoms. The number of ether oxygens (including phenoxy) is 2. The number of amides is 2. The van der Waals surface area contributed by atoms with Crippen molar-refractivity contribution in [2.75, 3.05) is 46.2 Å². The monoisotopic (exact) mass is 557 g/mol. The highest BCUT2D eigenvalue weighted by molar-refractivity contribution is 5.95. The van der Waals surface area contributed by atoms with Crippen LogP contribution in [-0.4, -0.2) is 89.1 Å². The van der Waals surface area contributed by atoms with Crippen LogP contribution in [-0.2, 0) is 11.8 Å². The minimum Gasteiger partial charge on any atom is -0.457 e. The molecular formula is C30H35N7O4. The maximum Gasteiger partial charge on any atom is 0.269 e. The maximum atomic E-state index is 13.3. The van der Waals surface area contributed by atoms with Crippen molar-refractivity contribution in [1.29, 1.82) is 0 Å². The molecular weight excluding hydrogens is 522 g/mol. The van der Waals surface area contributed by atoms with Gasteiger partial charge in [-0.25, -0.2) is 4.98 Å². The number of nitrogens with zero attached hydrogens (tertiary/aromatic N) is 5. The van der Waals surface area contributed by atoms with Crippen molar-refractivity contribution in [3.63, 3.8) is 0 Å². The summed E-state index contributed by atoms with van der Waals surface area (Å²) in [5.74, 6) is 1.46. The van der Waals surface area contributed by atoms with Crippen LogP contribution in [0.15, 0.2) is 60.8 Å². The van der Waals surface area contributed by atoms with E-state index in [1.807, 2.05) is 80.0 Å². The summed E-state index contributed by atoms with van der Waals surface area (Å²) >= 11 is 0. The number of aromatic nitrogens is 3. The SMILES string of the molecule is CNC(=O)c1cc(Oc2ccc3c(c2)nc(Nc2ccc(C(=O)N4C[C@H](CN(C)C)OC[C@@H]4C)cc2)n3C)ccn1. The molecule has 214 valence electrons. The number of benzene rings is 2. The summed E-state index contributed by atoms with van der Waals surface area (Å²) in [5, 5.41) is 5.90. The first kappa shape index (κ1) is 28.1. The van der Waals surface area contributed by atoms with Gasteiger partial charge in [-0.15, -0.1) is 0 Å². The number of aryl methyl sites for hydroxylation is 1. The van der Waals surface area contributed by atoms with Crippen LogP contribution in [0.25, 0.3) is 11.0 Å². The molecule has 4 aromatic rings. The summed E-state index contributed by atoms with van der Waals surface area (Å²) < 4.78 is 13.8. The molecule has 0 spiro atoms. The number of likely N-dealkylation sites (N-methyl/N-ethyl adjacent to an activating group) is 1. The zero-order chi connectivity index (χ0) is 29.1. The molecule has 1 saturated heterocycles. The van der Waals surface area contributed by atoms with Crippen LogP contribution in [0.1, 0.15) is 27.8 Å². The Morgan fingerprint density at radius 1 is 1.10 bits per heavy atom. The van der Waals surface area contributed by atoms with E-state index in [1.54, 1.807) is 19.2 Å². The number of pyridine rings is 1. The Kier molecular flexibility index (Phi) is 8.18. The molecule has 5 rings (SSSR count). The summed E-state index contributed by atoms with van der Waals surface area (Å²) in [6.45, 7) is 3.89. The van der Waals surface area contributed by atoms with E-state index < -0.39 is 0 Å². The first-order valence-electron chi connectivity index (χ1n) is 13.5. The van der Waals surface area contributed by atoms with Crippen molar-refractivity contribution in [3.8, 4) is 11.5 Å². The number of anilines is 2. The Labute approximate surface area is 239 Å². The largest absolute Gasteiger partial charge is 0.457 e. The highest BCUT2D eigenvalue weighted by atomic mass is 16.5. The predicted octanol–water partition coefficient (Wildman–Crippen LogP) is 3.65. The van der Waals surface area contributed by atoms with E-state index in [4.69, 9.17) is 14.5 Å². The zero-order valence-corrected chi connectivity index (χ0v) is 23.9. The van der Waals surface area contributed by atoms with E-state index in [1.165, 1.54) is 6.20 Å². The lowest BCUT2D eigenvalue weighted by Gasteiger charge is -2.39. The lowest BCUT2D eigenvalue weighted by molar-refractivity contribution is -0.0546. The number of hydrogen-bond acceptors (Lipinski definition) is 8. The maximum absolute atomic E-state index is 13.3. The number of carbonyl (C=O) groups excluding carboxylic acids is 2. The van der Waals surface area contributed by atoms with Crippen LogP contribution in [0.5, 0.6) is 11.5 Å². The molecule has 1 aliphatic rings. The van der Waals surface area contributed by atoms with Crippen LogP contribution >= 0.6 is 0 Å². The van der Waals surface area contributed by atoms with Gasteiger partial charge in [-0.3, -0.25) is 14.6 Å². The van der Waals surface area contributed by atoms with E-state index in [0.29, 0.717) is 36.2 Å². The lowest BCUT2D eigenvalue weighted by atomic mass is 10.1. The smallest absolute Gasteiger partial charge is 0.269 e. The molecule has 11 nitrogen and oxygen atoms in total. The molecule has 2 aromatic carbocycles. The van der Waals surface area contributed by atoms with E-state index in [9.17, 15) is 9.59 Å². The average molecular weight is 558 g/mol. The summed E-state index contributed by atoms with van der Waals surface area (Å²) in [4.78, 5) is 38.0. The second-order valence-electron chi connectivity index (χ2n) is 10.4. The Hall–Kier alpha value is -4.48. The minimum absolute atomic E-state index is 0.000661. The first-order valence-corrected chi connectivity index (χ1v) is 13.5. The van der Waals surface area contributed by atoms with Crippen LogP contribution in [0.2, 0.25) is 0 Å². The molecule has 0 saturated carbocycles. The molecule has 2 atom stereocenters. The third-order valence-corrected chi connectivity index (χ3v) is 7.00. The van der Waals surface area contributed by atoms with Crippen LogP contribution < -0.4 is 15.4 Å². The molecule has 1 aliphatic heterocycles. The van der Waals surface area contributed by atoms with Crippen LogP contribution in [0.4, 0.5) is 11.6 Å². The molecule has 1 fully saturated rings. The minimum atomic E-state index is -0.284. The van der Waals surface area contributed by atoms with E-state index >= 15 is 0 Å². The molecule has 0 aliphatic carbocycles. The number of fused-ring (bicyclic) bond motifs is 1. The number of nitrogens with one attached hydrogen (secondary N) is 2. The second kappa shape index (κ2) is 11.9. The number of rotatable bonds is 8. The van der Waals surface area contributed by atoms with Gasteiger partial charge in [0.25, 0.3) is 11.8 Å². The quantitative estimate of drug-likeness (QED) is 0.338. The topological polar surface area (TPSA) is 114 Å². The number of morpholine rings is 1. The second-order valence-corrected chi connectivity index (χ2v) is 10.4. The standard InChI is InChI=1S/C30H35N7O4/c1-19-18-40-24(16-35(3)4)17-37(19)29(39)20-6-8-21(9-7-20)33-30-34-25-14-22(10-11-27(25)36(30)5)41-23-12-13-32-26(15-23)28(38)31-2/h6-15,19,24H,16-18H2,1-5H3,(H,31,38)(H,33,34)/t19-,24-/m0/s1. The highest BCUT2D eigenvalue weighted by Gasteiger charge is 2.30. The summed E-state index contributed by atoms with van der Waals surface area (Å²) in [7, 11) is 7.49. The van der Waals surface area contributed by atoms with Gasteiger partial charge in [-0.2, -0.15) is 0 Å². The van der Waals surface area contributed by atoms with Gasteiger partial charge >= 0.3 is 0 Å². The summed E-state index contributed by atoms with van der Waals surface area (Å²) in [5.41, 5.74) is 3.39. The first-order chi connectivity index (χ1) is 19.7. The Bertz CT molecular complexity index is 1550. The van der Waals surface area contributed by atoms with Crippen molar-refractivity contribution in [2.45, 2.75) is 19.1 Å². The molecule has 2 N–H and O–H groups in total. The van der Waals surface area contributed by atoms with Gasteiger partial charge in [-0.05, 0) is 63.5 Å². The van der Waals surface area contributed by atoms with Gasteiger partial charge in [0.2, 0.25) is 5.95 Å². The van der Waals surface area contributed by atoms with Crippen molar-refractivity contribution in [1.82, 2.24) is 29.7 Å². The molecule has 2 amide bonds. The third kappa shape index (κ3) is 6.31. The van der Waals surface area contributed by atoms with Gasteiger partial charge in [0.15, 0.2) is 0 Å². The Balaban J connectivity index is 1.28. The Morgan fingerprint density at radius 2 is 1.85 bits per heavy atom. The van der Waals surface area contributed by atoms with E-state index in [0.717, 1.165) is 23.3 Å². The normalized spacial score (nSPS) is 17.1. The predicted molar refractivity (Wildman–Crippen MR) is 157 cm³/mol. The highest BCUT2D eigenvalue weighted by Crippen LogP contribution is 2.28. The Morgan fingerprint density at radius 3 is 2.59 bits per heavy atom. The fourth-order valence-corrected chi connectivity index (χ4v) is 4.83. The van der Waals surface area contributed by atoms with Gasteiger partial charge < -0.3 is 34.5 Å². The van der Waals surface area contributed by atoms with Crippen molar-refractivity contribution in [2.24, 2.45) is 7.05 Å². The molecule has 0 radical (unpaired) electrons.